The van der Waals surface area contributed by atoms with E-state index < -0.39 is 0 Å². The molecule has 0 spiro atoms. The summed E-state index contributed by atoms with van der Waals surface area (Å²) in [5.41, 5.74) is 0. The molecule has 36 valence electrons. The summed E-state index contributed by atoms with van der Waals surface area (Å²) in [6.45, 7) is 2.19. The lowest BCUT2D eigenvalue weighted by Crippen LogP contribution is -2.16. The van der Waals surface area contributed by atoms with E-state index in [4.69, 9.17) is 2.98 Å². The van der Waals surface area contributed by atoms with Gasteiger partial charge >= 0.3 is 0 Å². The fourth-order valence-electron chi connectivity index (χ4n) is 0.407. The molecule has 0 rings (SSSR count). The molecule has 0 radical (unpaired) electrons. The van der Waals surface area contributed by atoms with Gasteiger partial charge in [-0.05, 0) is 0 Å². The molecule has 7 heavy (non-hydrogen) atoms. The van der Waals surface area contributed by atoms with Gasteiger partial charge in [-0.1, -0.05) is 6.82 Å². The van der Waals surface area contributed by atoms with E-state index in [2.05, 4.69) is 6.82 Å². The van der Waals surface area contributed by atoms with Crippen LogP contribution in [-0.2, 0) is 2.98 Å². The molecule has 0 amide bonds. The molecular weight excluding hydrogens is 198 g/mol. The Balaban J connectivity index is 2.45. The summed E-state index contributed by atoms with van der Waals surface area (Å²) in [5.74, 6) is 0. The topological polar surface area (TPSA) is 9.23 Å². The van der Waals surface area contributed by atoms with Gasteiger partial charge in [0.1, 0.15) is 0 Å². The van der Waals surface area contributed by atoms with Crippen LogP contribution in [0, 0.1) is 0 Å². The van der Waals surface area contributed by atoms with E-state index in [1.165, 1.54) is 21.3 Å². The number of hydrogen-bond donors (Lipinski definition) is 0. The van der Waals surface area contributed by atoms with E-state index in [1.54, 1.807) is 0 Å². The average Bonchev–Trinajstić information content (AvgIpc) is 1.69. The third-order valence-electron chi connectivity index (χ3n) is 0.825. The Labute approximate surface area is 61.6 Å². The molecule has 0 heterocycles. The minimum Gasteiger partial charge on any atom is -0.393 e. The highest BCUT2D eigenvalue weighted by Crippen LogP contribution is 1.76. The summed E-state index contributed by atoms with van der Waals surface area (Å²) < 4.78 is 4.81. The summed E-state index contributed by atoms with van der Waals surface area (Å²) in [6.07, 6.45) is 0. The highest BCUT2D eigenvalue weighted by atomic mass is 127. The second kappa shape index (κ2) is 6.95. The maximum atomic E-state index is 4.81. The molecule has 6 heteroatoms. The van der Waals surface area contributed by atoms with Crippen LogP contribution in [0.1, 0.15) is 0 Å². The zero-order valence-corrected chi connectivity index (χ0v) is 6.77. The lowest BCUT2D eigenvalue weighted by atomic mass is 9.12. The molecule has 0 aromatic heterocycles. The Bertz CT molecular complexity index is 30.9. The van der Waals surface area contributed by atoms with Crippen LogP contribution in [0.25, 0.3) is 0 Å². The van der Waals surface area contributed by atoms with Gasteiger partial charge in [0.05, 0.1) is 44.3 Å². The highest BCUT2D eigenvalue weighted by molar-refractivity contribution is 14.1. The molecule has 0 bridgehead atoms. The van der Waals surface area contributed by atoms with E-state index in [0.717, 1.165) is 7.37 Å². The second-order valence-electron chi connectivity index (χ2n) is 1.52. The van der Waals surface area contributed by atoms with Crippen LogP contribution in [0.5, 0.6) is 0 Å². The molecule has 0 aliphatic carbocycles. The Kier molecular flexibility index (Phi) is 7.89. The largest absolute Gasteiger partial charge is 0.393 e. The van der Waals surface area contributed by atoms with Gasteiger partial charge in [0, 0.05) is 0 Å². The first kappa shape index (κ1) is 7.95. The van der Waals surface area contributed by atoms with E-state index in [9.17, 15) is 0 Å². The first-order valence-corrected chi connectivity index (χ1v) is 3.53. The molecule has 0 saturated carbocycles. The van der Waals surface area contributed by atoms with Crippen molar-refractivity contribution in [1.82, 2.24) is 0 Å². The molecule has 0 N–H and O–H groups in total. The van der Waals surface area contributed by atoms with Crippen LogP contribution in [0.3, 0.4) is 0 Å². The van der Waals surface area contributed by atoms with Gasteiger partial charge in [0.15, 0.2) is 0 Å². The maximum absolute atomic E-state index is 4.81. The first-order chi connectivity index (χ1) is 3.41. The standard InChI is InChI=1S/CH7B4IO/c1-2-3-4-5-7-6/h2-5H,1H3. The first-order valence-electron chi connectivity index (χ1n) is 2.65. The molecule has 0 saturated heterocycles. The van der Waals surface area contributed by atoms with Crippen molar-refractivity contribution < 1.29 is 2.98 Å². The minimum absolute atomic E-state index is 0.911. The van der Waals surface area contributed by atoms with Crippen LogP contribution in [-0.4, -0.2) is 28.7 Å². The van der Waals surface area contributed by atoms with Gasteiger partial charge in [-0.25, -0.2) is 0 Å². The Morgan fingerprint density at radius 2 is 2.14 bits per heavy atom. The van der Waals surface area contributed by atoms with Gasteiger partial charge < -0.3 is 2.98 Å². The molecule has 0 atom stereocenters. The molecule has 0 fully saturated rings. The second-order valence-corrected chi connectivity index (χ2v) is 2.14. The van der Waals surface area contributed by atoms with Crippen molar-refractivity contribution in [3.8, 4) is 0 Å². The summed E-state index contributed by atoms with van der Waals surface area (Å²) in [6, 6.07) is 0. The van der Waals surface area contributed by atoms with Gasteiger partial charge in [-0.2, -0.15) is 0 Å². The molecular formula is CH7B4IO. The van der Waals surface area contributed by atoms with Crippen molar-refractivity contribution in [3.63, 3.8) is 0 Å². The normalized spacial score (nSPS) is 7.14. The minimum atomic E-state index is 0.911. The number of rotatable bonds is 4. The van der Waals surface area contributed by atoms with Gasteiger partial charge in [0.2, 0.25) is 7.37 Å². The van der Waals surface area contributed by atoms with E-state index in [-0.39, 0.29) is 0 Å². The molecule has 1 nitrogen and oxygen atoms in total. The van der Waals surface area contributed by atoms with Crippen LogP contribution in [0.2, 0.25) is 6.82 Å². The van der Waals surface area contributed by atoms with Gasteiger partial charge in [0.25, 0.3) is 0 Å². The van der Waals surface area contributed by atoms with Crippen LogP contribution < -0.4 is 0 Å². The van der Waals surface area contributed by atoms with Crippen molar-refractivity contribution in [2.45, 2.75) is 6.82 Å². The summed E-state index contributed by atoms with van der Waals surface area (Å²) in [5, 5.41) is 0. The smallest absolute Gasteiger partial charge is 0.241 e. The fraction of sp³-hybridized carbons (Fsp3) is 1.00. The van der Waals surface area contributed by atoms with Crippen molar-refractivity contribution in [3.05, 3.63) is 0 Å². The zero-order valence-electron chi connectivity index (χ0n) is 4.61. The molecule has 0 aromatic rings. The van der Waals surface area contributed by atoms with Crippen LogP contribution >= 0.6 is 23.0 Å². The number of halogens is 1. The molecule has 0 unspecified atom stereocenters. The fourth-order valence-corrected chi connectivity index (χ4v) is 0.718. The van der Waals surface area contributed by atoms with Gasteiger partial charge in [-0.15, -0.1) is 0 Å². The van der Waals surface area contributed by atoms with E-state index in [0.29, 0.717) is 0 Å². The third-order valence-corrected chi connectivity index (χ3v) is 1.27. The van der Waals surface area contributed by atoms with Crippen molar-refractivity contribution in [1.29, 1.82) is 0 Å². The van der Waals surface area contributed by atoms with Crippen molar-refractivity contribution in [2.24, 2.45) is 0 Å². The SMILES string of the molecule is CBBBBOI. The van der Waals surface area contributed by atoms with Gasteiger partial charge in [-0.3, -0.25) is 0 Å². The highest BCUT2D eigenvalue weighted by Gasteiger charge is 1.91. The average molecular weight is 205 g/mol. The molecule has 0 aromatic carbocycles. The van der Waals surface area contributed by atoms with E-state index in [1.807, 2.05) is 23.0 Å². The van der Waals surface area contributed by atoms with Crippen molar-refractivity contribution >= 4 is 51.7 Å². The zero-order chi connectivity index (χ0) is 5.54. The Hall–Kier alpha value is 0.950. The maximum Gasteiger partial charge on any atom is 0.241 e. The lowest BCUT2D eigenvalue weighted by Gasteiger charge is -1.83. The van der Waals surface area contributed by atoms with Crippen molar-refractivity contribution in [2.75, 3.05) is 0 Å². The van der Waals surface area contributed by atoms with E-state index >= 15 is 0 Å². The molecule has 0 aliphatic heterocycles. The number of hydrogen-bond acceptors (Lipinski definition) is 1. The predicted molar refractivity (Wildman–Crippen MR) is 49.6 cm³/mol. The van der Waals surface area contributed by atoms with Crippen LogP contribution in [0.4, 0.5) is 0 Å². The summed E-state index contributed by atoms with van der Waals surface area (Å²) in [7, 11) is 4.69. The third kappa shape index (κ3) is 6.95. The monoisotopic (exact) mass is 206 g/mol. The Morgan fingerprint density at radius 3 is 2.57 bits per heavy atom. The lowest BCUT2D eigenvalue weighted by molar-refractivity contribution is 0.799. The Morgan fingerprint density at radius 1 is 1.43 bits per heavy atom. The predicted octanol–water partition coefficient (Wildman–Crippen LogP) is -1.19. The summed E-state index contributed by atoms with van der Waals surface area (Å²) in [4.78, 5) is 0. The van der Waals surface area contributed by atoms with Crippen LogP contribution in [0.15, 0.2) is 0 Å². The molecule has 0 aliphatic rings. The summed E-state index contributed by atoms with van der Waals surface area (Å²) >= 11 is 1.93. The quantitative estimate of drug-likeness (QED) is 0.318.